The highest BCUT2D eigenvalue weighted by Crippen LogP contribution is 2.27. The van der Waals surface area contributed by atoms with E-state index in [1.165, 1.54) is 24.6 Å². The summed E-state index contributed by atoms with van der Waals surface area (Å²) in [5.74, 6) is -1.26. The fraction of sp³-hybridized carbons (Fsp3) is 0.400. The molecule has 26 heavy (non-hydrogen) atoms. The molecule has 2 aromatic rings. The molecule has 0 saturated heterocycles. The van der Waals surface area contributed by atoms with Crippen LogP contribution in [0.25, 0.3) is 0 Å². The van der Waals surface area contributed by atoms with E-state index in [-0.39, 0.29) is 17.1 Å². The van der Waals surface area contributed by atoms with Crippen LogP contribution in [0.15, 0.2) is 16.5 Å². The number of thiazole rings is 1. The molecule has 0 radical (unpaired) electrons. The Morgan fingerprint density at radius 3 is 2.62 bits per heavy atom. The SMILES string of the molecule is CCOC(=O)c1c(C)[nH]c(C)c1S(=O)(=O)N(C)CC(=O)Nc1nccs1. The number of aryl methyl sites for hydroxylation is 2. The van der Waals surface area contributed by atoms with Crippen LogP contribution in [-0.4, -0.2) is 54.8 Å². The third-order valence-corrected chi connectivity index (χ3v) is 6.17. The van der Waals surface area contributed by atoms with E-state index in [2.05, 4.69) is 15.3 Å². The van der Waals surface area contributed by atoms with Gasteiger partial charge in [-0.15, -0.1) is 11.3 Å². The fourth-order valence-corrected chi connectivity index (χ4v) is 4.49. The van der Waals surface area contributed by atoms with Gasteiger partial charge in [0.2, 0.25) is 15.9 Å². The molecule has 11 heteroatoms. The predicted molar refractivity (Wildman–Crippen MR) is 96.8 cm³/mol. The Labute approximate surface area is 155 Å². The van der Waals surface area contributed by atoms with Crippen molar-refractivity contribution in [2.75, 3.05) is 25.5 Å². The van der Waals surface area contributed by atoms with Gasteiger partial charge in [-0.2, -0.15) is 4.31 Å². The quantitative estimate of drug-likeness (QED) is 0.680. The molecular weight excluding hydrogens is 380 g/mol. The first-order valence-corrected chi connectivity index (χ1v) is 10.0. The third kappa shape index (κ3) is 4.11. The van der Waals surface area contributed by atoms with E-state index in [0.717, 1.165) is 4.31 Å². The Morgan fingerprint density at radius 2 is 2.04 bits per heavy atom. The molecule has 0 saturated carbocycles. The highest BCUT2D eigenvalue weighted by atomic mass is 32.2. The standard InChI is InChI=1S/C15H20N4O5S2/c1-5-24-14(21)12-9(2)17-10(3)13(12)26(22,23)19(4)8-11(20)18-15-16-6-7-25-15/h6-7,17H,5,8H2,1-4H3,(H,16,18,20). The average Bonchev–Trinajstić information content (AvgIpc) is 3.14. The van der Waals surface area contributed by atoms with Crippen LogP contribution in [0, 0.1) is 13.8 Å². The maximum Gasteiger partial charge on any atom is 0.341 e. The number of nitrogens with zero attached hydrogens (tertiary/aromatic N) is 2. The van der Waals surface area contributed by atoms with E-state index in [0.29, 0.717) is 16.5 Å². The lowest BCUT2D eigenvalue weighted by Crippen LogP contribution is -2.35. The molecule has 0 aliphatic rings. The van der Waals surface area contributed by atoms with Gasteiger partial charge in [0.05, 0.1) is 13.2 Å². The minimum atomic E-state index is -4.09. The summed E-state index contributed by atoms with van der Waals surface area (Å²) >= 11 is 1.22. The first-order valence-electron chi connectivity index (χ1n) is 7.70. The number of amides is 1. The van der Waals surface area contributed by atoms with Crippen molar-refractivity contribution >= 4 is 38.4 Å². The van der Waals surface area contributed by atoms with Gasteiger partial charge in [-0.3, -0.25) is 4.79 Å². The summed E-state index contributed by atoms with van der Waals surface area (Å²) < 4.78 is 31.7. The van der Waals surface area contributed by atoms with E-state index in [1.807, 2.05) is 0 Å². The summed E-state index contributed by atoms with van der Waals surface area (Å²) in [5, 5.41) is 4.58. The van der Waals surface area contributed by atoms with Crippen LogP contribution in [0.1, 0.15) is 28.7 Å². The lowest BCUT2D eigenvalue weighted by Gasteiger charge is -2.17. The highest BCUT2D eigenvalue weighted by molar-refractivity contribution is 7.89. The number of hydrogen-bond donors (Lipinski definition) is 2. The molecule has 0 fully saturated rings. The number of ether oxygens (including phenoxy) is 1. The Balaban J connectivity index is 2.29. The molecule has 142 valence electrons. The van der Waals surface area contributed by atoms with Gasteiger partial charge in [0.25, 0.3) is 0 Å². The van der Waals surface area contributed by atoms with Gasteiger partial charge >= 0.3 is 5.97 Å². The lowest BCUT2D eigenvalue weighted by molar-refractivity contribution is -0.116. The van der Waals surface area contributed by atoms with Gasteiger partial charge in [-0.05, 0) is 20.8 Å². The molecule has 2 rings (SSSR count). The van der Waals surface area contributed by atoms with Crippen molar-refractivity contribution in [3.05, 3.63) is 28.5 Å². The summed E-state index contributed by atoms with van der Waals surface area (Å²) in [5.41, 5.74) is 0.648. The zero-order valence-electron chi connectivity index (χ0n) is 14.8. The van der Waals surface area contributed by atoms with Gasteiger partial charge < -0.3 is 15.0 Å². The van der Waals surface area contributed by atoms with E-state index in [9.17, 15) is 18.0 Å². The summed E-state index contributed by atoms with van der Waals surface area (Å²) in [6.45, 7) is 4.47. The van der Waals surface area contributed by atoms with Crippen molar-refractivity contribution < 1.29 is 22.7 Å². The number of nitrogens with one attached hydrogen (secondary N) is 2. The van der Waals surface area contributed by atoms with E-state index in [4.69, 9.17) is 4.74 Å². The Bertz CT molecular complexity index is 903. The monoisotopic (exact) mass is 400 g/mol. The van der Waals surface area contributed by atoms with Crippen molar-refractivity contribution in [2.45, 2.75) is 25.7 Å². The molecule has 0 aliphatic heterocycles. The lowest BCUT2D eigenvalue weighted by atomic mass is 10.2. The second-order valence-electron chi connectivity index (χ2n) is 5.45. The van der Waals surface area contributed by atoms with Crippen LogP contribution in [0.5, 0.6) is 0 Å². The van der Waals surface area contributed by atoms with E-state index >= 15 is 0 Å². The molecule has 2 heterocycles. The maximum absolute atomic E-state index is 12.9. The predicted octanol–water partition coefficient (Wildman–Crippen LogP) is 1.52. The smallest absolute Gasteiger partial charge is 0.341 e. The molecule has 0 aromatic carbocycles. The second kappa shape index (κ2) is 7.98. The maximum atomic E-state index is 12.9. The third-order valence-electron chi connectivity index (χ3n) is 3.51. The minimum absolute atomic E-state index is 0.0449. The summed E-state index contributed by atoms with van der Waals surface area (Å²) in [6.07, 6.45) is 1.53. The van der Waals surface area contributed by atoms with E-state index < -0.39 is 28.4 Å². The van der Waals surface area contributed by atoms with Crippen molar-refractivity contribution in [1.29, 1.82) is 0 Å². The van der Waals surface area contributed by atoms with Crippen LogP contribution < -0.4 is 5.32 Å². The molecule has 2 N–H and O–H groups in total. The topological polar surface area (TPSA) is 121 Å². The van der Waals surface area contributed by atoms with Gasteiger partial charge in [0.15, 0.2) is 5.13 Å². The van der Waals surface area contributed by atoms with E-state index in [1.54, 1.807) is 26.2 Å². The first-order chi connectivity index (χ1) is 12.2. The van der Waals surface area contributed by atoms with Crippen molar-refractivity contribution in [2.24, 2.45) is 0 Å². The van der Waals surface area contributed by atoms with Crippen molar-refractivity contribution in [3.63, 3.8) is 0 Å². The molecule has 0 unspecified atom stereocenters. The number of likely N-dealkylation sites (N-methyl/N-ethyl adjacent to an activating group) is 1. The number of aromatic amines is 1. The second-order valence-corrected chi connectivity index (χ2v) is 8.32. The largest absolute Gasteiger partial charge is 0.462 e. The van der Waals surface area contributed by atoms with Crippen LogP contribution >= 0.6 is 11.3 Å². The average molecular weight is 400 g/mol. The zero-order chi connectivity index (χ0) is 19.5. The van der Waals surface area contributed by atoms with Crippen LogP contribution in [0.4, 0.5) is 5.13 Å². The first kappa shape index (κ1) is 20.1. The minimum Gasteiger partial charge on any atom is -0.462 e. The fourth-order valence-electron chi connectivity index (χ4n) is 2.42. The molecule has 1 amide bonds. The molecule has 0 aliphatic carbocycles. The number of carbonyl (C=O) groups excluding carboxylic acids is 2. The Kier molecular flexibility index (Phi) is 6.16. The van der Waals surface area contributed by atoms with Gasteiger partial charge in [-0.25, -0.2) is 18.2 Å². The number of carbonyl (C=O) groups is 2. The normalized spacial score (nSPS) is 11.6. The van der Waals surface area contributed by atoms with Crippen LogP contribution in [0.2, 0.25) is 0 Å². The molecule has 0 spiro atoms. The Hall–Kier alpha value is -2.24. The number of esters is 1. The van der Waals surface area contributed by atoms with Crippen molar-refractivity contribution in [3.8, 4) is 0 Å². The number of hydrogen-bond acceptors (Lipinski definition) is 7. The highest BCUT2D eigenvalue weighted by Gasteiger charge is 2.33. The number of sulfonamides is 1. The molecule has 2 aromatic heterocycles. The zero-order valence-corrected chi connectivity index (χ0v) is 16.5. The summed E-state index contributed by atoms with van der Waals surface area (Å²) in [4.78, 5) is 30.8. The van der Waals surface area contributed by atoms with Gasteiger partial charge in [0, 0.05) is 30.0 Å². The molecule has 0 bridgehead atoms. The molecular formula is C15H20N4O5S2. The summed E-state index contributed by atoms with van der Waals surface area (Å²) in [6, 6.07) is 0. The van der Waals surface area contributed by atoms with Gasteiger partial charge in [-0.1, -0.05) is 0 Å². The number of H-pyrrole nitrogens is 1. The Morgan fingerprint density at radius 1 is 1.35 bits per heavy atom. The van der Waals surface area contributed by atoms with Crippen LogP contribution in [-0.2, 0) is 19.6 Å². The summed E-state index contributed by atoms with van der Waals surface area (Å²) in [7, 11) is -2.82. The van der Waals surface area contributed by atoms with Crippen molar-refractivity contribution in [1.82, 2.24) is 14.3 Å². The van der Waals surface area contributed by atoms with Crippen LogP contribution in [0.3, 0.4) is 0 Å². The number of aromatic nitrogens is 2. The van der Waals surface area contributed by atoms with Gasteiger partial charge in [0.1, 0.15) is 10.5 Å². The molecule has 0 atom stereocenters. The number of rotatable bonds is 7. The molecule has 9 nitrogen and oxygen atoms in total. The number of anilines is 1.